The van der Waals surface area contributed by atoms with E-state index in [1.807, 2.05) is 12.1 Å². The predicted molar refractivity (Wildman–Crippen MR) is 127 cm³/mol. The Bertz CT molecular complexity index is 535. The van der Waals surface area contributed by atoms with Crippen LogP contribution < -0.4 is 34.9 Å². The molecule has 3 nitrogen and oxygen atoms in total. The summed E-state index contributed by atoms with van der Waals surface area (Å²) in [6.07, 6.45) is 16.6. The van der Waals surface area contributed by atoms with Crippen molar-refractivity contribution in [2.75, 3.05) is 11.9 Å². The van der Waals surface area contributed by atoms with Crippen molar-refractivity contribution >= 4 is 19.7 Å². The number of unbranched alkanes of at least 4 members (excludes halogenated alkanes) is 11. The van der Waals surface area contributed by atoms with Crippen molar-refractivity contribution in [2.24, 2.45) is 0 Å². The van der Waals surface area contributed by atoms with Crippen LogP contribution in [0.4, 0.5) is 5.69 Å². The van der Waals surface area contributed by atoms with E-state index in [9.17, 15) is 4.79 Å². The Kier molecular flexibility index (Phi) is 17.2. The third-order valence-electron chi connectivity index (χ3n) is 5.31. The van der Waals surface area contributed by atoms with Gasteiger partial charge in [0.25, 0.3) is 0 Å². The third-order valence-corrected chi connectivity index (χ3v) is 7.17. The molecule has 0 amide bonds. The molecule has 0 heterocycles. The maximum atomic E-state index is 10.8. The second-order valence-electron chi connectivity index (χ2n) is 9.36. The Morgan fingerprint density at radius 1 is 0.793 bits per heavy atom. The zero-order chi connectivity index (χ0) is 20.7. The number of benzene rings is 1. The van der Waals surface area contributed by atoms with Gasteiger partial charge < -0.3 is 11.8 Å². The fraction of sp³-hybridized carbons (Fsp3) is 0.708. The number of anilines is 1. The van der Waals surface area contributed by atoms with Crippen LogP contribution in [0.25, 0.3) is 0 Å². The van der Waals surface area contributed by atoms with E-state index in [0.29, 0.717) is 5.56 Å². The third kappa shape index (κ3) is 17.1. The van der Waals surface area contributed by atoms with Gasteiger partial charge in [0.15, 0.2) is 0 Å². The first-order chi connectivity index (χ1) is 13.4. The van der Waals surface area contributed by atoms with Crippen LogP contribution in [0.1, 0.15) is 88.8 Å². The molecular formula is C24H44NNaO2Si. The van der Waals surface area contributed by atoms with Crippen LogP contribution in [-0.2, 0) is 0 Å². The molecule has 5 heteroatoms. The smallest absolute Gasteiger partial charge is 1.00 e. The number of carboxylic acid groups (broad SMARTS) is 1. The van der Waals surface area contributed by atoms with Gasteiger partial charge in [-0.15, -0.1) is 0 Å². The molecule has 0 atom stereocenters. The summed E-state index contributed by atoms with van der Waals surface area (Å²) in [4.78, 5) is 10.8. The summed E-state index contributed by atoms with van der Waals surface area (Å²) in [6, 6.07) is 8.49. The standard InChI is InChI=1S/C24H43NO2Si.Na.H/c1-28(2,3)21-15-13-11-9-7-5-4-6-8-10-12-14-20-25-23-18-16-22(17-19-23)24(26)27;;/h16-19,25H,4-15,20-21H2,1-3H3,(H,26,27);;/q;+1;-1. The van der Waals surface area contributed by atoms with Crippen LogP contribution in [0.5, 0.6) is 0 Å². The predicted octanol–water partition coefficient (Wildman–Crippen LogP) is 4.93. The Morgan fingerprint density at radius 2 is 1.21 bits per heavy atom. The van der Waals surface area contributed by atoms with Crippen molar-refractivity contribution < 1.29 is 40.9 Å². The second kappa shape index (κ2) is 17.4. The van der Waals surface area contributed by atoms with Crippen LogP contribution in [0.15, 0.2) is 24.3 Å². The number of rotatable bonds is 17. The summed E-state index contributed by atoms with van der Waals surface area (Å²) >= 11 is 0. The molecule has 0 radical (unpaired) electrons. The zero-order valence-corrected chi connectivity index (χ0v) is 22.6. The molecule has 0 spiro atoms. The van der Waals surface area contributed by atoms with Gasteiger partial charge in [0, 0.05) is 20.3 Å². The Labute approximate surface area is 204 Å². The molecule has 29 heavy (non-hydrogen) atoms. The Morgan fingerprint density at radius 3 is 1.62 bits per heavy atom. The molecule has 0 aromatic heterocycles. The fourth-order valence-electron chi connectivity index (χ4n) is 3.51. The fourth-order valence-corrected chi connectivity index (χ4v) is 4.82. The van der Waals surface area contributed by atoms with Crippen molar-refractivity contribution in [3.63, 3.8) is 0 Å². The van der Waals surface area contributed by atoms with Crippen LogP contribution in [0.3, 0.4) is 0 Å². The van der Waals surface area contributed by atoms with E-state index in [1.165, 1.54) is 83.1 Å². The van der Waals surface area contributed by atoms with Gasteiger partial charge in [-0.1, -0.05) is 96.3 Å². The molecule has 1 aromatic rings. The summed E-state index contributed by atoms with van der Waals surface area (Å²) in [5.74, 6) is -0.871. The quantitative estimate of drug-likeness (QED) is 0.273. The minimum atomic E-state index is -0.871. The molecular weight excluding hydrogens is 385 g/mol. The first-order valence-electron chi connectivity index (χ1n) is 11.5. The molecule has 0 aliphatic heterocycles. The number of carbonyl (C=O) groups is 1. The summed E-state index contributed by atoms with van der Waals surface area (Å²) < 4.78 is 0. The number of nitrogens with one attached hydrogen (secondary N) is 1. The van der Waals surface area contributed by atoms with E-state index in [0.717, 1.165) is 12.2 Å². The van der Waals surface area contributed by atoms with E-state index < -0.39 is 14.0 Å². The van der Waals surface area contributed by atoms with E-state index in [1.54, 1.807) is 12.1 Å². The Balaban J connectivity index is 0. The average Bonchev–Trinajstić information content (AvgIpc) is 2.64. The van der Waals surface area contributed by atoms with Gasteiger partial charge >= 0.3 is 35.5 Å². The van der Waals surface area contributed by atoms with E-state index in [-0.39, 0.29) is 31.0 Å². The van der Waals surface area contributed by atoms with E-state index in [4.69, 9.17) is 5.11 Å². The monoisotopic (exact) mass is 429 g/mol. The molecule has 1 rings (SSSR count). The molecule has 1 aromatic carbocycles. The molecule has 0 saturated carbocycles. The van der Waals surface area contributed by atoms with Gasteiger partial charge in [0.2, 0.25) is 0 Å². The van der Waals surface area contributed by atoms with Crippen LogP contribution in [-0.4, -0.2) is 25.7 Å². The van der Waals surface area contributed by atoms with Gasteiger partial charge in [0.05, 0.1) is 5.56 Å². The molecule has 0 unspecified atom stereocenters. The Hall–Kier alpha value is -0.293. The van der Waals surface area contributed by atoms with Gasteiger partial charge in [-0.25, -0.2) is 4.79 Å². The maximum absolute atomic E-state index is 10.8. The molecule has 0 saturated heterocycles. The minimum Gasteiger partial charge on any atom is -1.00 e. The topological polar surface area (TPSA) is 49.3 Å². The van der Waals surface area contributed by atoms with Crippen molar-refractivity contribution in [1.82, 2.24) is 0 Å². The van der Waals surface area contributed by atoms with Crippen molar-refractivity contribution in [2.45, 2.75) is 103 Å². The number of carboxylic acids is 1. The van der Waals surface area contributed by atoms with E-state index >= 15 is 0 Å². The first-order valence-corrected chi connectivity index (χ1v) is 15.2. The number of aromatic carboxylic acids is 1. The van der Waals surface area contributed by atoms with Crippen LogP contribution >= 0.6 is 0 Å². The van der Waals surface area contributed by atoms with Crippen LogP contribution in [0.2, 0.25) is 25.7 Å². The first kappa shape index (κ1) is 28.7. The SMILES string of the molecule is C[Si](C)(C)CCCCCCCCCCCCCCNc1ccc(C(=O)O)cc1.[H-].[Na+]. The molecule has 0 fully saturated rings. The van der Waals surface area contributed by atoms with Crippen LogP contribution in [0, 0.1) is 0 Å². The minimum absolute atomic E-state index is 0. The van der Waals surface area contributed by atoms with Gasteiger partial charge in [-0.2, -0.15) is 0 Å². The summed E-state index contributed by atoms with van der Waals surface area (Å²) in [7, 11) is -0.807. The number of hydrogen-bond donors (Lipinski definition) is 2. The van der Waals surface area contributed by atoms with E-state index in [2.05, 4.69) is 25.0 Å². The van der Waals surface area contributed by atoms with Crippen molar-refractivity contribution in [1.29, 1.82) is 0 Å². The second-order valence-corrected chi connectivity index (χ2v) is 15.0. The van der Waals surface area contributed by atoms with Gasteiger partial charge in [-0.05, 0) is 30.7 Å². The van der Waals surface area contributed by atoms with Gasteiger partial charge in [-0.3, -0.25) is 0 Å². The van der Waals surface area contributed by atoms with Crippen molar-refractivity contribution in [3.05, 3.63) is 29.8 Å². The zero-order valence-electron chi connectivity index (χ0n) is 20.6. The maximum Gasteiger partial charge on any atom is 1.00 e. The largest absolute Gasteiger partial charge is 1.00 e. The molecule has 0 bridgehead atoms. The van der Waals surface area contributed by atoms with Gasteiger partial charge in [0.1, 0.15) is 0 Å². The molecule has 0 aliphatic carbocycles. The normalized spacial score (nSPS) is 11.1. The average molecular weight is 430 g/mol. The molecule has 162 valence electrons. The summed E-state index contributed by atoms with van der Waals surface area (Å²) in [6.45, 7) is 8.39. The summed E-state index contributed by atoms with van der Waals surface area (Å²) in [5.41, 5.74) is 1.35. The number of hydrogen-bond acceptors (Lipinski definition) is 2. The summed E-state index contributed by atoms with van der Waals surface area (Å²) in [5, 5.41) is 12.3. The molecule has 2 N–H and O–H groups in total. The van der Waals surface area contributed by atoms with Crippen molar-refractivity contribution in [3.8, 4) is 0 Å². The molecule has 0 aliphatic rings.